The second-order valence-corrected chi connectivity index (χ2v) is 8.16. The van der Waals surface area contributed by atoms with Crippen LogP contribution in [0.3, 0.4) is 0 Å². The van der Waals surface area contributed by atoms with Crippen molar-refractivity contribution in [1.82, 2.24) is 9.88 Å². The molecule has 7 heteroatoms. The lowest BCUT2D eigenvalue weighted by Gasteiger charge is -2.05. The van der Waals surface area contributed by atoms with Gasteiger partial charge in [-0.1, -0.05) is 47.1 Å². The van der Waals surface area contributed by atoms with Gasteiger partial charge < -0.3 is 4.90 Å². The molecule has 3 aromatic rings. The minimum atomic E-state index is 0.578. The number of nitrogens with zero attached hydrogens (tertiary/aromatic N) is 3. The Hall–Kier alpha value is -1.27. The normalized spacial score (nSPS) is 11.5. The molecule has 0 saturated carbocycles. The third-order valence-electron chi connectivity index (χ3n) is 2.88. The van der Waals surface area contributed by atoms with E-state index in [-0.39, 0.29) is 0 Å². The zero-order chi connectivity index (χ0) is 16.4. The van der Waals surface area contributed by atoms with Gasteiger partial charge in [0.05, 0.1) is 21.7 Å². The van der Waals surface area contributed by atoms with Gasteiger partial charge in [0.25, 0.3) is 0 Å². The lowest BCUT2D eigenvalue weighted by atomic mass is 10.3. The minimum Gasteiger partial charge on any atom is -0.369 e. The van der Waals surface area contributed by atoms with Crippen LogP contribution < -0.4 is 0 Å². The highest BCUT2D eigenvalue weighted by atomic mass is 35.5. The molecule has 0 fully saturated rings. The van der Waals surface area contributed by atoms with Crippen molar-refractivity contribution < 1.29 is 0 Å². The molecule has 0 unspecified atom stereocenters. The predicted octanol–water partition coefficient (Wildman–Crippen LogP) is 5.98. The lowest BCUT2D eigenvalue weighted by molar-refractivity contribution is 0.643. The molecule has 0 N–H and O–H groups in total. The summed E-state index contributed by atoms with van der Waals surface area (Å²) in [6, 6.07) is 11.6. The maximum absolute atomic E-state index is 6.22. The summed E-state index contributed by atoms with van der Waals surface area (Å²) < 4.78 is 1.90. The number of fused-ring (bicyclic) bond motifs is 1. The van der Waals surface area contributed by atoms with Crippen LogP contribution in [0, 0.1) is 0 Å². The number of hydrogen-bond donors (Lipinski definition) is 0. The Bertz CT molecular complexity index is 875. The summed E-state index contributed by atoms with van der Waals surface area (Å²) in [5, 5.41) is 1.20. The molecule has 0 spiro atoms. The number of para-hydroxylation sites is 1. The average molecular weight is 382 g/mol. The van der Waals surface area contributed by atoms with Crippen molar-refractivity contribution in [2.45, 2.75) is 9.24 Å². The Kier molecular flexibility index (Phi) is 5.11. The first-order valence-electron chi connectivity index (χ1n) is 6.76. The molecule has 0 aliphatic carbocycles. The molecule has 1 aromatic heterocycles. The van der Waals surface area contributed by atoms with Crippen LogP contribution in [0.25, 0.3) is 10.2 Å². The van der Waals surface area contributed by atoms with E-state index in [2.05, 4.69) is 9.98 Å². The van der Waals surface area contributed by atoms with Crippen LogP contribution in [0.15, 0.2) is 50.6 Å². The molecule has 0 bridgehead atoms. The molecule has 0 atom stereocenters. The molecule has 23 heavy (non-hydrogen) atoms. The molecule has 0 saturated heterocycles. The van der Waals surface area contributed by atoms with Crippen molar-refractivity contribution in [3.05, 3.63) is 46.4 Å². The van der Waals surface area contributed by atoms with Crippen LogP contribution in [0.4, 0.5) is 5.69 Å². The molecule has 3 nitrogen and oxygen atoms in total. The van der Waals surface area contributed by atoms with E-state index >= 15 is 0 Å². The number of rotatable bonds is 4. The summed E-state index contributed by atoms with van der Waals surface area (Å²) in [6.07, 6.45) is 1.79. The Morgan fingerprint density at radius 2 is 2.00 bits per heavy atom. The highest BCUT2D eigenvalue weighted by Gasteiger charge is 2.11. The van der Waals surface area contributed by atoms with E-state index in [0.29, 0.717) is 10.0 Å². The van der Waals surface area contributed by atoms with E-state index in [1.807, 2.05) is 49.3 Å². The monoisotopic (exact) mass is 381 g/mol. The van der Waals surface area contributed by atoms with E-state index in [4.69, 9.17) is 23.2 Å². The van der Waals surface area contributed by atoms with Gasteiger partial charge in [0.2, 0.25) is 0 Å². The van der Waals surface area contributed by atoms with Crippen LogP contribution in [0.1, 0.15) is 0 Å². The number of hydrogen-bond acceptors (Lipinski definition) is 4. The van der Waals surface area contributed by atoms with Gasteiger partial charge in [-0.3, -0.25) is 0 Å². The van der Waals surface area contributed by atoms with E-state index < -0.39 is 0 Å². The maximum atomic E-state index is 6.22. The molecule has 0 amide bonds. The van der Waals surface area contributed by atoms with E-state index in [1.54, 1.807) is 35.5 Å². The zero-order valence-electron chi connectivity index (χ0n) is 12.5. The zero-order valence-corrected chi connectivity index (χ0v) is 15.6. The Labute approximate surface area is 153 Å². The number of thiazole rings is 1. The Balaban J connectivity index is 1.95. The van der Waals surface area contributed by atoms with Crippen LogP contribution in [-0.4, -0.2) is 30.3 Å². The van der Waals surface area contributed by atoms with Gasteiger partial charge in [-0.2, -0.15) is 0 Å². The van der Waals surface area contributed by atoms with Gasteiger partial charge in [0.15, 0.2) is 4.34 Å². The number of aliphatic imine (C=N–C) groups is 1. The molecule has 118 valence electrons. The van der Waals surface area contributed by atoms with Gasteiger partial charge in [0, 0.05) is 24.0 Å². The largest absolute Gasteiger partial charge is 0.369 e. The van der Waals surface area contributed by atoms with Gasteiger partial charge in [-0.05, 0) is 24.3 Å². The molecule has 0 aliphatic rings. The van der Waals surface area contributed by atoms with Crippen molar-refractivity contribution in [2.24, 2.45) is 4.99 Å². The second kappa shape index (κ2) is 7.09. The lowest BCUT2D eigenvalue weighted by Crippen LogP contribution is -2.06. The van der Waals surface area contributed by atoms with Gasteiger partial charge in [-0.25, -0.2) is 9.98 Å². The Morgan fingerprint density at radius 3 is 2.78 bits per heavy atom. The van der Waals surface area contributed by atoms with Crippen molar-refractivity contribution in [1.29, 1.82) is 0 Å². The average Bonchev–Trinajstić information content (AvgIpc) is 2.89. The first kappa shape index (κ1) is 16.6. The third-order valence-corrected chi connectivity index (χ3v) is 5.52. The minimum absolute atomic E-state index is 0.578. The standard InChI is InChI=1S/C16H13Cl2N3S2/c1-21(2)9-19-12-5-3-4-6-13(12)22-16-20-15-11(18)7-10(17)8-14(15)23-16/h3-9H,1-2H3. The fourth-order valence-corrected chi connectivity index (χ4v) is 4.72. The van der Waals surface area contributed by atoms with Crippen molar-refractivity contribution >= 4 is 68.5 Å². The molecule has 1 heterocycles. The van der Waals surface area contributed by atoms with Crippen LogP contribution >= 0.6 is 46.3 Å². The summed E-state index contributed by atoms with van der Waals surface area (Å²) in [7, 11) is 3.89. The summed E-state index contributed by atoms with van der Waals surface area (Å²) in [4.78, 5) is 12.1. The first-order valence-corrected chi connectivity index (χ1v) is 9.15. The number of halogens is 2. The molecule has 0 radical (unpaired) electrons. The van der Waals surface area contributed by atoms with Crippen molar-refractivity contribution in [3.8, 4) is 0 Å². The summed E-state index contributed by atoms with van der Waals surface area (Å²) in [5.74, 6) is 0. The summed E-state index contributed by atoms with van der Waals surface area (Å²) in [6.45, 7) is 0. The predicted molar refractivity (Wildman–Crippen MR) is 102 cm³/mol. The van der Waals surface area contributed by atoms with Crippen LogP contribution in [0.2, 0.25) is 10.0 Å². The smallest absolute Gasteiger partial charge is 0.156 e. The summed E-state index contributed by atoms with van der Waals surface area (Å²) in [5.41, 5.74) is 1.70. The second-order valence-electron chi connectivity index (χ2n) is 4.99. The van der Waals surface area contributed by atoms with E-state index in [9.17, 15) is 0 Å². The SMILES string of the molecule is CN(C)C=Nc1ccccc1Sc1nc2c(Cl)cc(Cl)cc2s1. The Morgan fingerprint density at radius 1 is 1.22 bits per heavy atom. The van der Waals surface area contributed by atoms with Gasteiger partial charge >= 0.3 is 0 Å². The third kappa shape index (κ3) is 3.98. The van der Waals surface area contributed by atoms with E-state index in [0.717, 1.165) is 25.1 Å². The van der Waals surface area contributed by atoms with Gasteiger partial charge in [-0.15, -0.1) is 11.3 Å². The molecular weight excluding hydrogens is 369 g/mol. The fourth-order valence-electron chi connectivity index (χ4n) is 1.90. The maximum Gasteiger partial charge on any atom is 0.156 e. The van der Waals surface area contributed by atoms with Crippen molar-refractivity contribution in [2.75, 3.05) is 14.1 Å². The molecular formula is C16H13Cl2N3S2. The molecule has 3 rings (SSSR count). The van der Waals surface area contributed by atoms with Gasteiger partial charge in [0.1, 0.15) is 5.52 Å². The quantitative estimate of drug-likeness (QED) is 0.411. The summed E-state index contributed by atoms with van der Waals surface area (Å²) >= 11 is 15.4. The molecule has 2 aromatic carbocycles. The topological polar surface area (TPSA) is 28.5 Å². The van der Waals surface area contributed by atoms with Crippen LogP contribution in [0.5, 0.6) is 0 Å². The highest BCUT2D eigenvalue weighted by molar-refractivity contribution is 8.01. The number of benzene rings is 2. The van der Waals surface area contributed by atoms with Crippen LogP contribution in [-0.2, 0) is 0 Å². The first-order chi connectivity index (χ1) is 11.0. The number of aromatic nitrogens is 1. The molecule has 0 aliphatic heterocycles. The fraction of sp³-hybridized carbons (Fsp3) is 0.125. The van der Waals surface area contributed by atoms with Crippen molar-refractivity contribution in [3.63, 3.8) is 0 Å². The van der Waals surface area contributed by atoms with E-state index in [1.165, 1.54) is 0 Å². The highest BCUT2D eigenvalue weighted by Crippen LogP contribution is 2.40.